The summed E-state index contributed by atoms with van der Waals surface area (Å²) in [5.74, 6) is 7.60. The van der Waals surface area contributed by atoms with Crippen molar-refractivity contribution < 1.29 is 52.3 Å². The van der Waals surface area contributed by atoms with Crippen LogP contribution in [-0.4, -0.2) is 230 Å². The third-order valence-corrected chi connectivity index (χ3v) is 21.0. The molecule has 0 spiro atoms. The fourth-order valence-electron chi connectivity index (χ4n) is 14.6. The first-order valence-corrected chi connectivity index (χ1v) is 41.8. The zero-order valence-electron chi connectivity index (χ0n) is 71.6. The molecule has 3 unspecified atom stereocenters. The Kier molecular flexibility index (Phi) is 30.3. The molecule has 11 N–H and O–H groups in total. The lowest BCUT2D eigenvalue weighted by Crippen LogP contribution is -2.44. The van der Waals surface area contributed by atoms with Crippen LogP contribution in [0.4, 0.5) is 52.2 Å². The van der Waals surface area contributed by atoms with Gasteiger partial charge in [0.25, 0.3) is 0 Å². The van der Waals surface area contributed by atoms with E-state index >= 15 is 0 Å². The largest absolute Gasteiger partial charge is 0.491 e. The molecule has 3 atom stereocenters. The molecule has 3 saturated heterocycles. The molecule has 0 saturated carbocycles. The van der Waals surface area contributed by atoms with E-state index in [1.165, 1.54) is 37.0 Å². The number of piperidine rings is 3. The van der Waals surface area contributed by atoms with E-state index < -0.39 is 0 Å². The summed E-state index contributed by atoms with van der Waals surface area (Å²) in [6, 6.07) is 43.5. The van der Waals surface area contributed by atoms with E-state index in [0.717, 1.165) is 137 Å². The fraction of sp³-hybridized carbons (Fsp3) is 0.261. The van der Waals surface area contributed by atoms with Gasteiger partial charge in [-0.1, -0.05) is 44.5 Å². The lowest BCUT2D eigenvalue weighted by atomic mass is 9.97. The maximum atomic E-state index is 12.1. The Hall–Kier alpha value is -15.8. The molecule has 8 aromatic heterocycles. The van der Waals surface area contributed by atoms with Gasteiger partial charge in [-0.3, -0.25) is 19.2 Å². The third-order valence-electron chi connectivity index (χ3n) is 21.0. The van der Waals surface area contributed by atoms with Crippen LogP contribution in [-0.2, 0) is 33.4 Å². The van der Waals surface area contributed by atoms with Crippen molar-refractivity contribution >= 4 is 120 Å². The highest BCUT2D eigenvalue weighted by molar-refractivity contribution is 5.99. The van der Waals surface area contributed by atoms with Crippen LogP contribution in [0.1, 0.15) is 50.3 Å². The number of fused-ring (bicyclic) bond motifs is 4. The third kappa shape index (κ3) is 23.4. The number of hydrogen-bond donors (Lipinski definition) is 9. The quantitative estimate of drug-likeness (QED) is 0.0144. The Bertz CT molecular complexity index is 6210. The number of rotatable bonds is 31. The van der Waals surface area contributed by atoms with Crippen LogP contribution >= 0.6 is 0 Å². The topological polar surface area (TPSA) is 451 Å². The number of imidazole rings is 2. The molecular weight excluding hydrogens is 1650 g/mol. The van der Waals surface area contributed by atoms with Gasteiger partial charge in [-0.25, -0.2) is 49.2 Å². The average molecular weight is 1750 g/mol. The van der Waals surface area contributed by atoms with E-state index in [1.54, 1.807) is 77.4 Å². The molecule has 3 aliphatic rings. The summed E-state index contributed by atoms with van der Waals surface area (Å²) < 4.78 is 41.2. The molecule has 0 aliphatic carbocycles. The predicted octanol–water partition coefficient (Wildman–Crippen LogP) is 12.7. The number of methoxy groups -OCH3 is 3. The smallest absolute Gasteiger partial charge is 0.247 e. The van der Waals surface area contributed by atoms with Crippen molar-refractivity contribution in [2.24, 2.45) is 0 Å². The van der Waals surface area contributed by atoms with E-state index in [9.17, 15) is 19.2 Å². The van der Waals surface area contributed by atoms with Gasteiger partial charge in [-0.05, 0) is 184 Å². The molecule has 37 nitrogen and oxygen atoms in total. The lowest BCUT2D eigenvalue weighted by Gasteiger charge is -2.33. The van der Waals surface area contributed by atoms with Gasteiger partial charge < -0.3 is 95.9 Å². The zero-order valence-corrected chi connectivity index (χ0v) is 71.6. The molecule has 0 radical (unpaired) electrons. The second-order valence-electron chi connectivity index (χ2n) is 29.8. The number of anilines is 9. The van der Waals surface area contributed by atoms with Gasteiger partial charge in [0.05, 0.1) is 55.6 Å². The van der Waals surface area contributed by atoms with Crippen molar-refractivity contribution in [2.75, 3.05) is 138 Å². The normalized spacial score (nSPS) is 14.7. The number of benzene rings is 6. The number of carbonyl (C=O) groups excluding carboxylic acids is 4. The minimum absolute atomic E-state index is 0.0263. The van der Waals surface area contributed by atoms with Crippen LogP contribution in [0.2, 0.25) is 0 Å². The number of H-pyrrole nitrogens is 2. The molecule has 664 valence electrons. The van der Waals surface area contributed by atoms with Gasteiger partial charge in [-0.2, -0.15) is 20.2 Å². The number of ether oxygens (including phenoxy) is 7. The van der Waals surface area contributed by atoms with Crippen LogP contribution in [0.3, 0.4) is 0 Å². The second-order valence-corrected chi connectivity index (χ2v) is 29.8. The summed E-state index contributed by atoms with van der Waals surface area (Å²) in [6.45, 7) is 21.2. The molecule has 0 bridgehead atoms. The summed E-state index contributed by atoms with van der Waals surface area (Å²) in [5.41, 5.74) is 21.2. The van der Waals surface area contributed by atoms with Crippen molar-refractivity contribution in [1.82, 2.24) is 94.1 Å². The second kappa shape index (κ2) is 43.7. The monoisotopic (exact) mass is 1740 g/mol. The van der Waals surface area contributed by atoms with Gasteiger partial charge in [0.2, 0.25) is 35.5 Å². The summed E-state index contributed by atoms with van der Waals surface area (Å²) >= 11 is 0. The Morgan fingerprint density at radius 1 is 0.465 bits per heavy atom. The maximum Gasteiger partial charge on any atom is 0.247 e. The predicted molar refractivity (Wildman–Crippen MR) is 493 cm³/mol. The van der Waals surface area contributed by atoms with E-state index in [0.29, 0.717) is 134 Å². The number of nitrogen functional groups attached to an aromatic ring is 2. The lowest BCUT2D eigenvalue weighted by molar-refractivity contribution is -0.127. The number of likely N-dealkylation sites (tertiary alicyclic amines) is 3. The van der Waals surface area contributed by atoms with Crippen LogP contribution in [0, 0.1) is 0 Å². The van der Waals surface area contributed by atoms with Gasteiger partial charge in [0.15, 0.2) is 34.6 Å². The van der Waals surface area contributed by atoms with Crippen molar-refractivity contribution in [1.29, 1.82) is 0 Å². The molecule has 3 aliphatic heterocycles. The van der Waals surface area contributed by atoms with E-state index in [2.05, 4.69) is 123 Å². The molecule has 14 aromatic rings. The molecule has 17 rings (SSSR count). The molecule has 11 heterocycles. The molecule has 129 heavy (non-hydrogen) atoms. The van der Waals surface area contributed by atoms with Crippen molar-refractivity contribution in [3.63, 3.8) is 0 Å². The number of hydrogen-bond acceptors (Lipinski definition) is 29. The van der Waals surface area contributed by atoms with Gasteiger partial charge in [-0.15, -0.1) is 0 Å². The SMILES string of the molecule is C=CC(=O)N1CCCC(Nc2ncnc(N)c2-n2ncc3cc(OCCOC)ccc32)C1.C=CC(=O)N1CCCC(Nc2ncnc(N)c2-n2ncc3cc(Oc4ccccc4)ccc32)C1.C=CC(=O)N1CCCC(c2nc3nc(Nc4ccc(OCCOC)cc4)ncc3[nH]2)C1.C=CC(=O)Nc1ccc(-c2nc3nc(Nc4ccc(OCCOC)cc4)ncc3[nH]2)cc1. The fourth-order valence-corrected chi connectivity index (χ4v) is 14.6. The van der Waals surface area contributed by atoms with Crippen LogP contribution in [0.15, 0.2) is 228 Å². The van der Waals surface area contributed by atoms with Crippen LogP contribution in [0.25, 0.3) is 66.9 Å². The first-order chi connectivity index (χ1) is 63.0. The molecule has 4 amide bonds. The van der Waals surface area contributed by atoms with Gasteiger partial charge in [0, 0.05) is 112 Å². The van der Waals surface area contributed by atoms with Crippen LogP contribution < -0.4 is 57.0 Å². The number of nitrogens with two attached hydrogens (primary N) is 2. The van der Waals surface area contributed by atoms with Crippen molar-refractivity contribution in [2.45, 2.75) is 56.5 Å². The summed E-state index contributed by atoms with van der Waals surface area (Å²) in [7, 11) is 4.91. The number of nitrogens with one attached hydrogen (secondary N) is 7. The highest BCUT2D eigenvalue weighted by Crippen LogP contribution is 2.35. The Labute approximate surface area is 742 Å². The minimum atomic E-state index is -0.259. The molecule has 3 fully saturated rings. The Morgan fingerprint density at radius 2 is 0.922 bits per heavy atom. The molecule has 37 heteroatoms. The highest BCUT2D eigenvalue weighted by atomic mass is 16.5. The van der Waals surface area contributed by atoms with E-state index in [4.69, 9.17) is 44.6 Å². The Balaban J connectivity index is 0.000000139. The van der Waals surface area contributed by atoms with E-state index in [-0.39, 0.29) is 41.6 Å². The first-order valence-electron chi connectivity index (χ1n) is 41.8. The number of para-hydroxylation sites is 1. The highest BCUT2D eigenvalue weighted by Gasteiger charge is 2.30. The number of carbonyl (C=O) groups is 4. The standard InChI is InChI=1S/C25H25N7O2.C23H22N6O3.C22H27N7O3.C22H26N6O3/c1-2-22(33)31-12-6-7-18(15-31)30-25-23(24(26)27-16-28-25)32-21-11-10-20(13-17(21)14-29-32)34-19-8-4-3-5-9-19;1-3-20(30)25-16-6-4-15(5-7-16)21-27-19-14-24-23(29-22(19)28-21)26-17-8-10-18(11-9-17)32-13-12-31-2;1-3-19(30)28-8-4-5-16(13-28)27-22-20(21(23)24-14-25-22)29-18-7-6-17(32-10-9-31-2)11-15(18)12-26-29;1-3-19(29)28-10-4-5-15(14-28)20-25-18-13-23-22(27-21(18)26-20)24-16-6-8-17(9-7-16)31-12-11-30-2/h2-5,8-11,13-14,16,18H,1,6-7,12,15H2,(H3,26,27,28,30);3-11,14H,1,12-13H2,2H3,(H,25,30)(H2,24,26,27,28,29);3,6-7,11-12,14,16H,1,4-5,8-10,13H2,2H3,(H3,23,24,25,27);3,6-9,13,15H,1,4-5,10-12,14H2,2H3,(H2,23,24,25,26,27). The van der Waals surface area contributed by atoms with Crippen molar-refractivity contribution in [3.8, 4) is 51.5 Å². The summed E-state index contributed by atoms with van der Waals surface area (Å²) in [4.78, 5) is 104. The van der Waals surface area contributed by atoms with Crippen molar-refractivity contribution in [3.05, 3.63) is 233 Å². The summed E-state index contributed by atoms with van der Waals surface area (Å²) in [6.07, 6.45) is 20.5. The zero-order chi connectivity index (χ0) is 90.0. The number of aromatic nitrogens is 16. The number of nitrogens with zero attached hydrogens (tertiary/aromatic N) is 17. The summed E-state index contributed by atoms with van der Waals surface area (Å²) in [5, 5.41) is 26.8. The Morgan fingerprint density at radius 3 is 1.43 bits per heavy atom. The van der Waals surface area contributed by atoms with E-state index in [1.807, 2.05) is 132 Å². The average Bonchev–Trinajstić information content (AvgIpc) is 1.66. The first kappa shape index (κ1) is 89.5. The number of aromatic amines is 2. The minimum Gasteiger partial charge on any atom is -0.491 e. The number of amides is 4. The van der Waals surface area contributed by atoms with Gasteiger partial charge in [0.1, 0.15) is 95.3 Å². The maximum absolute atomic E-state index is 12.1. The van der Waals surface area contributed by atoms with Crippen LogP contribution in [0.5, 0.6) is 28.7 Å². The molecular formula is C92H100N26O11. The van der Waals surface area contributed by atoms with Gasteiger partial charge >= 0.3 is 0 Å². The molecule has 6 aromatic carbocycles.